The Bertz CT molecular complexity index is 791. The van der Waals surface area contributed by atoms with Gasteiger partial charge in [-0.3, -0.25) is 0 Å². The fourth-order valence-corrected chi connectivity index (χ4v) is 16.1. The van der Waals surface area contributed by atoms with Crippen LogP contribution in [0.5, 0.6) is 0 Å². The van der Waals surface area contributed by atoms with Crippen LogP contribution in [0.25, 0.3) is 0 Å². The van der Waals surface area contributed by atoms with E-state index in [0.29, 0.717) is 10.3 Å². The van der Waals surface area contributed by atoms with Gasteiger partial charge in [0.2, 0.25) is 0 Å². The fraction of sp³-hybridized carbons (Fsp3) is 0.571. The van der Waals surface area contributed by atoms with Gasteiger partial charge in [0.1, 0.15) is 0 Å². The monoisotopic (exact) mass is 407 g/mol. The van der Waals surface area contributed by atoms with Crippen LogP contribution >= 0.6 is 7.26 Å². The SMILES string of the molecule is CC(C)(C)[P+](C1CCCc2ccccc21)([C@H]1CCCc2ccccc21)C(C)(C)C. The molecule has 0 fully saturated rings. The van der Waals surface area contributed by atoms with E-state index in [1.165, 1.54) is 38.5 Å². The summed E-state index contributed by atoms with van der Waals surface area (Å²) in [6.45, 7) is 15.5. The van der Waals surface area contributed by atoms with Crippen molar-refractivity contribution in [3.63, 3.8) is 0 Å². The Morgan fingerprint density at radius 1 is 0.621 bits per heavy atom. The molecule has 156 valence electrons. The van der Waals surface area contributed by atoms with Crippen molar-refractivity contribution in [2.24, 2.45) is 0 Å². The number of hydrogen-bond donors (Lipinski definition) is 0. The van der Waals surface area contributed by atoms with Crippen LogP contribution in [0.15, 0.2) is 48.5 Å². The van der Waals surface area contributed by atoms with Crippen molar-refractivity contribution in [3.8, 4) is 0 Å². The maximum Gasteiger partial charge on any atom is 0.0964 e. The first kappa shape index (κ1) is 21.1. The van der Waals surface area contributed by atoms with Gasteiger partial charge in [-0.15, -0.1) is 0 Å². The Hall–Kier alpha value is -1.13. The van der Waals surface area contributed by atoms with Gasteiger partial charge in [0.25, 0.3) is 0 Å². The highest BCUT2D eigenvalue weighted by Crippen LogP contribution is 2.92. The Kier molecular flexibility index (Phi) is 5.48. The minimum atomic E-state index is -1.48. The summed E-state index contributed by atoms with van der Waals surface area (Å²) in [4.78, 5) is 0. The van der Waals surface area contributed by atoms with Crippen LogP contribution in [0, 0.1) is 0 Å². The van der Waals surface area contributed by atoms with Crippen molar-refractivity contribution < 1.29 is 0 Å². The van der Waals surface area contributed by atoms with Crippen molar-refractivity contribution in [3.05, 3.63) is 70.8 Å². The second-order valence-electron chi connectivity index (χ2n) is 11.3. The van der Waals surface area contributed by atoms with E-state index in [1.807, 2.05) is 0 Å². The van der Waals surface area contributed by atoms with Crippen molar-refractivity contribution in [2.45, 2.75) is 102 Å². The molecule has 2 aromatic rings. The molecule has 0 N–H and O–H groups in total. The Labute approximate surface area is 179 Å². The van der Waals surface area contributed by atoms with E-state index < -0.39 is 7.26 Å². The molecule has 0 amide bonds. The molecule has 0 saturated heterocycles. The van der Waals surface area contributed by atoms with Crippen LogP contribution in [0.3, 0.4) is 0 Å². The first-order valence-corrected chi connectivity index (χ1v) is 13.6. The number of rotatable bonds is 2. The first-order valence-electron chi connectivity index (χ1n) is 11.7. The highest BCUT2D eigenvalue weighted by molar-refractivity contribution is 7.79. The maximum absolute atomic E-state index is 2.58. The first-order chi connectivity index (χ1) is 13.7. The second-order valence-corrected chi connectivity index (χ2v) is 16.8. The van der Waals surface area contributed by atoms with Crippen molar-refractivity contribution in [1.82, 2.24) is 0 Å². The van der Waals surface area contributed by atoms with Crippen LogP contribution < -0.4 is 0 Å². The van der Waals surface area contributed by atoms with E-state index in [0.717, 1.165) is 11.3 Å². The number of aryl methyl sites for hydroxylation is 2. The average Bonchev–Trinajstić information content (AvgIpc) is 2.67. The lowest BCUT2D eigenvalue weighted by molar-refractivity contribution is 0.560. The molecule has 0 bridgehead atoms. The van der Waals surface area contributed by atoms with Gasteiger partial charge in [-0.2, -0.15) is 0 Å². The molecular weight excluding hydrogens is 367 g/mol. The number of benzene rings is 2. The molecule has 0 aliphatic heterocycles. The molecule has 2 atom stereocenters. The summed E-state index contributed by atoms with van der Waals surface area (Å²) in [5.41, 5.74) is 8.10. The fourth-order valence-electron chi connectivity index (χ4n) is 7.40. The third-order valence-corrected chi connectivity index (χ3v) is 15.4. The van der Waals surface area contributed by atoms with Gasteiger partial charge >= 0.3 is 0 Å². The predicted molar refractivity (Wildman–Crippen MR) is 131 cm³/mol. The van der Waals surface area contributed by atoms with Crippen molar-refractivity contribution >= 4 is 7.26 Å². The van der Waals surface area contributed by atoms with E-state index in [2.05, 4.69) is 90.1 Å². The van der Waals surface area contributed by atoms with Gasteiger partial charge in [-0.05, 0) is 102 Å². The molecule has 0 aromatic heterocycles. The zero-order valence-electron chi connectivity index (χ0n) is 19.5. The molecule has 2 aliphatic carbocycles. The van der Waals surface area contributed by atoms with E-state index >= 15 is 0 Å². The molecule has 29 heavy (non-hydrogen) atoms. The second kappa shape index (κ2) is 7.53. The Morgan fingerprint density at radius 2 is 1.00 bits per heavy atom. The summed E-state index contributed by atoms with van der Waals surface area (Å²) in [5.74, 6) is 0. The van der Waals surface area contributed by atoms with Gasteiger partial charge in [-0.1, -0.05) is 48.5 Å². The molecular formula is C28H40P+. The van der Waals surface area contributed by atoms with Gasteiger partial charge < -0.3 is 0 Å². The molecule has 0 spiro atoms. The van der Waals surface area contributed by atoms with Crippen LogP contribution in [0.1, 0.15) is 101 Å². The number of hydrogen-bond acceptors (Lipinski definition) is 0. The molecule has 0 nitrogen and oxygen atoms in total. The van der Waals surface area contributed by atoms with E-state index in [9.17, 15) is 0 Å². The number of fused-ring (bicyclic) bond motifs is 2. The Morgan fingerprint density at radius 3 is 1.38 bits per heavy atom. The summed E-state index contributed by atoms with van der Waals surface area (Å²) < 4.78 is 0. The maximum atomic E-state index is 2.58. The molecule has 0 radical (unpaired) electrons. The van der Waals surface area contributed by atoms with Gasteiger partial charge in [0, 0.05) is 7.26 Å². The molecule has 0 saturated carbocycles. The smallest absolute Gasteiger partial charge is 0.0620 e. The standard InChI is InChI=1S/C28H40P/c1-27(2,3)29(28(4,5)6,25-19-11-15-21-13-7-9-17-23(21)25)26-20-12-16-22-14-8-10-18-24(22)26/h7-10,13-14,17-18,25-26H,11-12,15-16,19-20H2,1-6H3/q+1/t25-,26?/m0/s1. The minimum Gasteiger partial charge on any atom is -0.0620 e. The van der Waals surface area contributed by atoms with Gasteiger partial charge in [0.15, 0.2) is 0 Å². The Balaban J connectivity index is 2.01. The summed E-state index contributed by atoms with van der Waals surface area (Å²) in [6, 6.07) is 18.9. The lowest BCUT2D eigenvalue weighted by Crippen LogP contribution is -2.42. The zero-order valence-corrected chi connectivity index (χ0v) is 20.4. The third kappa shape index (κ3) is 3.31. The van der Waals surface area contributed by atoms with E-state index in [-0.39, 0.29) is 0 Å². The average molecular weight is 408 g/mol. The van der Waals surface area contributed by atoms with E-state index in [4.69, 9.17) is 0 Å². The molecule has 2 aromatic carbocycles. The quantitative estimate of drug-likeness (QED) is 0.436. The minimum absolute atomic E-state index is 0.315. The molecule has 2 aliphatic rings. The normalized spacial score (nSPS) is 22.7. The third-order valence-electron chi connectivity index (χ3n) is 7.88. The van der Waals surface area contributed by atoms with Crippen LogP contribution in [0.2, 0.25) is 0 Å². The molecule has 1 unspecified atom stereocenters. The van der Waals surface area contributed by atoms with Crippen molar-refractivity contribution in [1.29, 1.82) is 0 Å². The lowest BCUT2D eigenvalue weighted by Gasteiger charge is -2.57. The van der Waals surface area contributed by atoms with Gasteiger partial charge in [0.05, 0.1) is 21.6 Å². The van der Waals surface area contributed by atoms with Gasteiger partial charge in [-0.25, -0.2) is 0 Å². The van der Waals surface area contributed by atoms with Crippen molar-refractivity contribution in [2.75, 3.05) is 0 Å². The van der Waals surface area contributed by atoms with E-state index in [1.54, 1.807) is 22.3 Å². The summed E-state index contributed by atoms with van der Waals surface area (Å²) in [7, 11) is -1.48. The highest BCUT2D eigenvalue weighted by atomic mass is 31.2. The molecule has 0 heterocycles. The lowest BCUT2D eigenvalue weighted by atomic mass is 9.90. The molecule has 1 heteroatoms. The summed E-state index contributed by atoms with van der Waals surface area (Å²) in [6.07, 6.45) is 7.98. The predicted octanol–water partition coefficient (Wildman–Crippen LogP) is 8.76. The highest BCUT2D eigenvalue weighted by Gasteiger charge is 2.67. The largest absolute Gasteiger partial charge is 0.0964 e. The van der Waals surface area contributed by atoms with Crippen LogP contribution in [-0.4, -0.2) is 10.3 Å². The van der Waals surface area contributed by atoms with Crippen LogP contribution in [0.4, 0.5) is 0 Å². The summed E-state index contributed by atoms with van der Waals surface area (Å²) >= 11 is 0. The van der Waals surface area contributed by atoms with Crippen LogP contribution in [-0.2, 0) is 12.8 Å². The zero-order chi connectivity index (χ0) is 20.9. The summed E-state index contributed by atoms with van der Waals surface area (Å²) in [5, 5.41) is 0.630. The topological polar surface area (TPSA) is 0 Å². The molecule has 4 rings (SSSR count).